The van der Waals surface area contributed by atoms with E-state index in [0.717, 1.165) is 62.4 Å². The van der Waals surface area contributed by atoms with Gasteiger partial charge in [0.25, 0.3) is 0 Å². The van der Waals surface area contributed by atoms with Crippen LogP contribution in [0.2, 0.25) is 0 Å². The average molecular weight is 537 g/mol. The number of rotatable bonds is 5. The van der Waals surface area contributed by atoms with Crippen LogP contribution in [0.4, 0.5) is 26.7 Å². The highest BCUT2D eigenvalue weighted by atomic mass is 19.4. The molecular formula is C25H37F5N4O3. The molecule has 0 spiro atoms. The zero-order valence-electron chi connectivity index (χ0n) is 22.2. The van der Waals surface area contributed by atoms with Crippen LogP contribution in [0.1, 0.15) is 58.9 Å². The lowest BCUT2D eigenvalue weighted by Crippen LogP contribution is -2.47. The van der Waals surface area contributed by atoms with Crippen LogP contribution in [0.3, 0.4) is 0 Å². The number of carbonyl (C=O) groups is 1. The number of halogens is 5. The number of alkyl halides is 5. The first-order chi connectivity index (χ1) is 17.1. The molecule has 1 heterocycles. The number of alkyl carbamates (subject to hydrolysis) is 1. The van der Waals surface area contributed by atoms with Gasteiger partial charge in [-0.15, -0.1) is 0 Å². The van der Waals surface area contributed by atoms with E-state index in [2.05, 4.69) is 31.9 Å². The number of guanidine groups is 1. The summed E-state index contributed by atoms with van der Waals surface area (Å²) >= 11 is 0. The number of aliphatic imine (C=N–C) groups is 2. The number of piperidine rings is 1. The Balaban J connectivity index is 0.000000397. The summed E-state index contributed by atoms with van der Waals surface area (Å²) in [6.07, 6.45) is -5.48. The fourth-order valence-corrected chi connectivity index (χ4v) is 3.07. The van der Waals surface area contributed by atoms with Crippen molar-refractivity contribution >= 4 is 18.3 Å². The number of likely N-dealkylation sites (tertiary alicyclic amines) is 1. The van der Waals surface area contributed by atoms with Gasteiger partial charge >= 0.3 is 18.4 Å². The summed E-state index contributed by atoms with van der Waals surface area (Å²) in [6, 6.07) is 5.01. The minimum atomic E-state index is -5.71. The van der Waals surface area contributed by atoms with Gasteiger partial charge in [-0.3, -0.25) is 4.99 Å². The first-order valence-corrected chi connectivity index (χ1v) is 12.0. The van der Waals surface area contributed by atoms with Gasteiger partial charge in [0.15, 0.2) is 0 Å². The van der Waals surface area contributed by atoms with Gasteiger partial charge in [0.05, 0.1) is 0 Å². The number of amides is 1. The molecule has 2 rings (SSSR count). The summed E-state index contributed by atoms with van der Waals surface area (Å²) in [7, 11) is 1.77. The lowest BCUT2D eigenvalue weighted by atomic mass is 10.1. The number of benzene rings is 1. The van der Waals surface area contributed by atoms with Crippen LogP contribution in [0.5, 0.6) is 5.75 Å². The van der Waals surface area contributed by atoms with Gasteiger partial charge in [0.1, 0.15) is 11.4 Å². The Morgan fingerprint density at radius 1 is 1.11 bits per heavy atom. The number of hydrogen-bond donors (Lipinski definition) is 1. The summed E-state index contributed by atoms with van der Waals surface area (Å²) in [5.74, 6) is 0.257. The largest absolute Gasteiger partial charge is 0.499 e. The van der Waals surface area contributed by atoms with Crippen molar-refractivity contribution in [2.24, 2.45) is 9.98 Å². The number of unbranched alkanes of at least 4 members (excludes halogenated alkanes) is 1. The summed E-state index contributed by atoms with van der Waals surface area (Å²) in [6.45, 7) is 11.1. The molecule has 1 amide bonds. The SMILES string of the molecule is CCC/C=N\C(=NC)N1CCC(NC(=O)OC(C)(C)C)CC1.Cc1ccc(OC(F)(F)C(F)(F)F)cc1. The fraction of sp³-hybridized carbons (Fsp3) is 0.640. The van der Waals surface area contributed by atoms with Crippen molar-refractivity contribution < 1.29 is 36.2 Å². The van der Waals surface area contributed by atoms with E-state index in [0.29, 0.717) is 0 Å². The van der Waals surface area contributed by atoms with Crippen molar-refractivity contribution in [3.8, 4) is 5.75 Å². The van der Waals surface area contributed by atoms with E-state index < -0.39 is 23.6 Å². The molecule has 0 aromatic heterocycles. The molecule has 0 radical (unpaired) electrons. The predicted molar refractivity (Wildman–Crippen MR) is 134 cm³/mol. The van der Waals surface area contributed by atoms with Crippen molar-refractivity contribution in [3.63, 3.8) is 0 Å². The van der Waals surface area contributed by atoms with Gasteiger partial charge in [0, 0.05) is 32.4 Å². The van der Waals surface area contributed by atoms with E-state index >= 15 is 0 Å². The number of nitrogens with zero attached hydrogens (tertiary/aromatic N) is 3. The van der Waals surface area contributed by atoms with Gasteiger partial charge in [-0.05, 0) is 59.1 Å². The van der Waals surface area contributed by atoms with Crippen LogP contribution >= 0.6 is 0 Å². The van der Waals surface area contributed by atoms with Crippen molar-refractivity contribution in [1.82, 2.24) is 10.2 Å². The Hall–Kier alpha value is -2.92. The van der Waals surface area contributed by atoms with Crippen molar-refractivity contribution in [2.75, 3.05) is 20.1 Å². The summed E-state index contributed by atoms with van der Waals surface area (Å²) < 4.78 is 68.8. The normalized spacial score (nSPS) is 15.8. The smallest absolute Gasteiger partial charge is 0.444 e. The number of ether oxygens (including phenoxy) is 2. The second-order valence-corrected chi connectivity index (χ2v) is 9.46. The highest BCUT2D eigenvalue weighted by Crippen LogP contribution is 2.37. The quantitative estimate of drug-likeness (QED) is 0.270. The Morgan fingerprint density at radius 2 is 1.68 bits per heavy atom. The number of carbonyl (C=O) groups excluding carboxylic acids is 1. The molecule has 0 saturated carbocycles. The monoisotopic (exact) mass is 536 g/mol. The maximum atomic E-state index is 12.4. The van der Waals surface area contributed by atoms with Gasteiger partial charge in [0.2, 0.25) is 5.96 Å². The van der Waals surface area contributed by atoms with Crippen molar-refractivity contribution in [3.05, 3.63) is 29.8 Å². The van der Waals surface area contributed by atoms with E-state index in [1.807, 2.05) is 27.0 Å². The first-order valence-electron chi connectivity index (χ1n) is 12.0. The minimum Gasteiger partial charge on any atom is -0.444 e. The number of hydrogen-bond acceptors (Lipinski definition) is 4. The standard InChI is InChI=1S/C16H30N4O2.C9H7F5O/c1-6-7-10-18-14(17-5)20-11-8-13(9-12-20)19-15(21)22-16(2,3)4;1-6-2-4-7(5-3-6)15-9(13,14)8(10,11)12/h10,13H,6-9,11-12H2,1-5H3,(H,19,21);2-5H,1H3/b17-14?,18-10-;. The van der Waals surface area contributed by atoms with E-state index in [1.165, 1.54) is 12.1 Å². The summed E-state index contributed by atoms with van der Waals surface area (Å²) in [4.78, 5) is 22.6. The maximum Gasteiger partial charge on any atom is 0.499 e. The third-order valence-electron chi connectivity index (χ3n) is 4.92. The zero-order valence-corrected chi connectivity index (χ0v) is 22.2. The molecule has 210 valence electrons. The minimum absolute atomic E-state index is 0.156. The predicted octanol–water partition coefficient (Wildman–Crippen LogP) is 6.36. The van der Waals surface area contributed by atoms with Crippen LogP contribution < -0.4 is 10.1 Å². The molecule has 12 heteroatoms. The second-order valence-electron chi connectivity index (χ2n) is 9.46. The highest BCUT2D eigenvalue weighted by Gasteiger charge is 2.61. The van der Waals surface area contributed by atoms with Gasteiger partial charge < -0.3 is 19.7 Å². The molecule has 0 aliphatic carbocycles. The van der Waals surface area contributed by atoms with Crippen LogP contribution in [0.25, 0.3) is 0 Å². The van der Waals surface area contributed by atoms with E-state index in [9.17, 15) is 26.7 Å². The van der Waals surface area contributed by atoms with Crippen LogP contribution in [-0.2, 0) is 4.74 Å². The van der Waals surface area contributed by atoms with E-state index in [1.54, 1.807) is 14.0 Å². The summed E-state index contributed by atoms with van der Waals surface area (Å²) in [5, 5.41) is 2.94. The highest BCUT2D eigenvalue weighted by molar-refractivity contribution is 5.87. The fourth-order valence-electron chi connectivity index (χ4n) is 3.07. The molecule has 0 unspecified atom stereocenters. The molecule has 1 aromatic rings. The average Bonchev–Trinajstić information content (AvgIpc) is 2.77. The molecule has 1 aromatic carbocycles. The Morgan fingerprint density at radius 3 is 2.14 bits per heavy atom. The molecule has 1 N–H and O–H groups in total. The molecule has 0 bridgehead atoms. The zero-order chi connectivity index (χ0) is 28.3. The van der Waals surface area contributed by atoms with Gasteiger partial charge in [-0.1, -0.05) is 31.0 Å². The van der Waals surface area contributed by atoms with Crippen LogP contribution in [-0.4, -0.2) is 67.2 Å². The molecule has 1 fully saturated rings. The number of nitrogens with one attached hydrogen (secondary N) is 1. The molecule has 7 nitrogen and oxygen atoms in total. The van der Waals surface area contributed by atoms with Crippen LogP contribution in [0.15, 0.2) is 34.3 Å². The maximum absolute atomic E-state index is 12.4. The first kappa shape index (κ1) is 32.1. The summed E-state index contributed by atoms with van der Waals surface area (Å²) in [5.41, 5.74) is 0.276. The molecule has 1 aliphatic heterocycles. The molecular weight excluding hydrogens is 499 g/mol. The lowest BCUT2D eigenvalue weighted by Gasteiger charge is -2.33. The topological polar surface area (TPSA) is 75.5 Å². The van der Waals surface area contributed by atoms with Crippen molar-refractivity contribution in [1.29, 1.82) is 0 Å². The molecule has 0 atom stereocenters. The van der Waals surface area contributed by atoms with E-state index in [4.69, 9.17) is 4.74 Å². The third kappa shape index (κ3) is 12.2. The second kappa shape index (κ2) is 14.1. The molecule has 1 saturated heterocycles. The molecule has 37 heavy (non-hydrogen) atoms. The van der Waals surface area contributed by atoms with E-state index in [-0.39, 0.29) is 12.1 Å². The lowest BCUT2D eigenvalue weighted by molar-refractivity contribution is -0.360. The number of aryl methyl sites for hydroxylation is 1. The van der Waals surface area contributed by atoms with Gasteiger partial charge in [-0.25, -0.2) is 9.79 Å². The Kier molecular flexibility index (Phi) is 12.3. The third-order valence-corrected chi connectivity index (χ3v) is 4.92. The molecule has 1 aliphatic rings. The van der Waals surface area contributed by atoms with Crippen molar-refractivity contribution in [2.45, 2.75) is 84.2 Å². The Bertz CT molecular complexity index is 889. The Labute approximate surface area is 215 Å². The van der Waals surface area contributed by atoms with Gasteiger partial charge in [-0.2, -0.15) is 22.0 Å². The van der Waals surface area contributed by atoms with Crippen LogP contribution in [0, 0.1) is 6.92 Å².